The Morgan fingerprint density at radius 1 is 1.07 bits per heavy atom. The molecule has 1 saturated heterocycles. The number of carbonyl (C=O) groups excluding carboxylic acids is 2. The quantitative estimate of drug-likeness (QED) is 0.615. The molecule has 0 aliphatic carbocycles. The molecule has 1 amide bonds. The zero-order valence-corrected chi connectivity index (χ0v) is 18.3. The first kappa shape index (κ1) is 23.3. The summed E-state index contributed by atoms with van der Waals surface area (Å²) in [5.74, 6) is -0.467. The Bertz CT molecular complexity index is 784. The molecule has 1 fully saturated rings. The third kappa shape index (κ3) is 7.12. The summed E-state index contributed by atoms with van der Waals surface area (Å²) in [5.41, 5.74) is 0.845. The van der Waals surface area contributed by atoms with Crippen molar-refractivity contribution >= 4 is 21.9 Å². The number of benzene rings is 1. The lowest BCUT2D eigenvalue weighted by Gasteiger charge is -2.25. The molecular weight excluding hydrogens is 392 g/mol. The highest BCUT2D eigenvalue weighted by atomic mass is 32.2. The van der Waals surface area contributed by atoms with Gasteiger partial charge in [-0.15, -0.1) is 0 Å². The Morgan fingerprint density at radius 3 is 2.28 bits per heavy atom. The van der Waals surface area contributed by atoms with Crippen LogP contribution in [0.4, 0.5) is 0 Å². The average molecular weight is 425 g/mol. The van der Waals surface area contributed by atoms with Gasteiger partial charge < -0.3 is 10.1 Å². The number of nitrogens with one attached hydrogen (secondary N) is 1. The fraction of sp³-hybridized carbons (Fsp3) is 0.619. The molecule has 29 heavy (non-hydrogen) atoms. The van der Waals surface area contributed by atoms with E-state index in [0.29, 0.717) is 25.4 Å². The van der Waals surface area contributed by atoms with Crippen molar-refractivity contribution in [1.82, 2.24) is 9.62 Å². The monoisotopic (exact) mass is 424 g/mol. The molecule has 0 saturated carbocycles. The molecule has 0 aromatic heterocycles. The second kappa shape index (κ2) is 10.7. The number of carbonyl (C=O) groups is 2. The summed E-state index contributed by atoms with van der Waals surface area (Å²) in [6.45, 7) is 6.75. The third-order valence-corrected chi connectivity index (χ3v) is 7.16. The van der Waals surface area contributed by atoms with Crippen molar-refractivity contribution in [2.75, 3.05) is 19.7 Å². The number of rotatable bonds is 9. The maximum absolute atomic E-state index is 12.6. The number of amides is 1. The van der Waals surface area contributed by atoms with Crippen molar-refractivity contribution in [3.05, 3.63) is 29.8 Å². The van der Waals surface area contributed by atoms with Crippen molar-refractivity contribution in [2.45, 2.75) is 63.8 Å². The molecule has 1 aromatic rings. The summed E-state index contributed by atoms with van der Waals surface area (Å²) in [7, 11) is -3.45. The molecule has 1 aromatic carbocycles. The van der Waals surface area contributed by atoms with Gasteiger partial charge in [0.05, 0.1) is 4.90 Å². The standard InChI is InChI=1S/C21H32N2O5S/c1-16(2)17(3)22-20(24)15-28-21(25)12-9-18-7-10-19(11-8-18)29(26,27)23-13-5-4-6-14-23/h7-8,10-11,16-17H,4-6,9,12-15H2,1-3H3,(H,22,24)/t17-/m1/s1. The largest absolute Gasteiger partial charge is 0.456 e. The normalized spacial score (nSPS) is 16.4. The first-order valence-electron chi connectivity index (χ1n) is 10.2. The molecule has 162 valence electrons. The van der Waals surface area contributed by atoms with Crippen LogP contribution in [0.3, 0.4) is 0 Å². The van der Waals surface area contributed by atoms with Gasteiger partial charge in [-0.3, -0.25) is 9.59 Å². The van der Waals surface area contributed by atoms with Crippen LogP contribution in [-0.2, 0) is 30.8 Å². The van der Waals surface area contributed by atoms with Crippen LogP contribution in [-0.4, -0.2) is 50.3 Å². The van der Waals surface area contributed by atoms with Crippen LogP contribution in [0, 0.1) is 5.92 Å². The highest BCUT2D eigenvalue weighted by molar-refractivity contribution is 7.89. The van der Waals surface area contributed by atoms with Crippen LogP contribution in [0.5, 0.6) is 0 Å². The second-order valence-corrected chi connectivity index (χ2v) is 9.81. The average Bonchev–Trinajstić information content (AvgIpc) is 2.71. The lowest BCUT2D eigenvalue weighted by Crippen LogP contribution is -2.38. The molecule has 1 aliphatic rings. The summed E-state index contributed by atoms with van der Waals surface area (Å²) in [6.07, 6.45) is 3.42. The predicted molar refractivity (Wildman–Crippen MR) is 111 cm³/mol. The lowest BCUT2D eigenvalue weighted by atomic mass is 10.1. The summed E-state index contributed by atoms with van der Waals surface area (Å²) < 4.78 is 31.8. The van der Waals surface area contributed by atoms with Crippen LogP contribution in [0.1, 0.15) is 52.0 Å². The SMILES string of the molecule is CC(C)[C@@H](C)NC(=O)COC(=O)CCc1ccc(S(=O)(=O)N2CCCCC2)cc1. The maximum Gasteiger partial charge on any atom is 0.306 e. The summed E-state index contributed by atoms with van der Waals surface area (Å²) in [6, 6.07) is 6.64. The Hall–Kier alpha value is -1.93. The lowest BCUT2D eigenvalue weighted by molar-refractivity contribution is -0.148. The van der Waals surface area contributed by atoms with Crippen LogP contribution < -0.4 is 5.32 Å². The Balaban J connectivity index is 1.79. The molecule has 1 heterocycles. The summed E-state index contributed by atoms with van der Waals surface area (Å²) in [4.78, 5) is 23.9. The molecule has 8 heteroatoms. The zero-order chi connectivity index (χ0) is 21.4. The van der Waals surface area contributed by atoms with Crippen molar-refractivity contribution in [1.29, 1.82) is 0 Å². The minimum atomic E-state index is -3.45. The van der Waals surface area contributed by atoms with E-state index in [2.05, 4.69) is 5.32 Å². The number of hydrogen-bond acceptors (Lipinski definition) is 5. The molecule has 0 bridgehead atoms. The molecule has 1 atom stereocenters. The minimum absolute atomic E-state index is 0.0148. The number of piperidine rings is 1. The zero-order valence-electron chi connectivity index (χ0n) is 17.5. The third-order valence-electron chi connectivity index (χ3n) is 5.25. The first-order valence-corrected chi connectivity index (χ1v) is 11.7. The summed E-state index contributed by atoms with van der Waals surface area (Å²) in [5, 5.41) is 2.78. The number of nitrogens with zero attached hydrogens (tertiary/aromatic N) is 1. The molecule has 7 nitrogen and oxygen atoms in total. The fourth-order valence-corrected chi connectivity index (χ4v) is 4.53. The van der Waals surface area contributed by atoms with Crippen LogP contribution in [0.15, 0.2) is 29.2 Å². The van der Waals surface area contributed by atoms with Crippen molar-refractivity contribution in [3.63, 3.8) is 0 Å². The van der Waals surface area contributed by atoms with Gasteiger partial charge in [0.25, 0.3) is 5.91 Å². The smallest absolute Gasteiger partial charge is 0.306 e. The van der Waals surface area contributed by atoms with Crippen molar-refractivity contribution in [2.24, 2.45) is 5.92 Å². The Kier molecular flexibility index (Phi) is 8.64. The van der Waals surface area contributed by atoms with Gasteiger partial charge in [-0.2, -0.15) is 4.31 Å². The van der Waals surface area contributed by atoms with E-state index in [0.717, 1.165) is 24.8 Å². The first-order chi connectivity index (χ1) is 13.7. The molecule has 0 radical (unpaired) electrons. The Morgan fingerprint density at radius 2 is 1.69 bits per heavy atom. The molecule has 0 unspecified atom stereocenters. The summed E-state index contributed by atoms with van der Waals surface area (Å²) >= 11 is 0. The van der Waals surface area contributed by atoms with Crippen LogP contribution in [0.25, 0.3) is 0 Å². The second-order valence-electron chi connectivity index (χ2n) is 7.87. The topological polar surface area (TPSA) is 92.8 Å². The minimum Gasteiger partial charge on any atom is -0.456 e. The van der Waals surface area contributed by atoms with Gasteiger partial charge in [0.1, 0.15) is 0 Å². The van der Waals surface area contributed by atoms with E-state index >= 15 is 0 Å². The van der Waals surface area contributed by atoms with E-state index in [9.17, 15) is 18.0 Å². The van der Waals surface area contributed by atoms with Crippen molar-refractivity contribution in [3.8, 4) is 0 Å². The van der Waals surface area contributed by atoms with E-state index in [1.54, 1.807) is 24.3 Å². The number of sulfonamides is 1. The van der Waals surface area contributed by atoms with E-state index in [1.807, 2.05) is 20.8 Å². The van der Waals surface area contributed by atoms with Gasteiger partial charge in [-0.05, 0) is 49.8 Å². The van der Waals surface area contributed by atoms with Gasteiger partial charge in [0, 0.05) is 25.6 Å². The van der Waals surface area contributed by atoms with Gasteiger partial charge in [0.15, 0.2) is 6.61 Å². The van der Waals surface area contributed by atoms with Crippen molar-refractivity contribution < 1.29 is 22.7 Å². The number of ether oxygens (including phenoxy) is 1. The maximum atomic E-state index is 12.6. The van der Waals surface area contributed by atoms with Gasteiger partial charge in [-0.1, -0.05) is 32.4 Å². The van der Waals surface area contributed by atoms with Crippen LogP contribution in [0.2, 0.25) is 0 Å². The molecule has 1 aliphatic heterocycles. The van der Waals surface area contributed by atoms with E-state index in [1.165, 1.54) is 4.31 Å². The van der Waals surface area contributed by atoms with Gasteiger partial charge >= 0.3 is 5.97 Å². The molecule has 2 rings (SSSR count). The highest BCUT2D eigenvalue weighted by Gasteiger charge is 2.25. The van der Waals surface area contributed by atoms with Crippen LogP contribution >= 0.6 is 0 Å². The highest BCUT2D eigenvalue weighted by Crippen LogP contribution is 2.21. The fourth-order valence-electron chi connectivity index (χ4n) is 3.01. The van der Waals surface area contributed by atoms with E-state index in [4.69, 9.17) is 4.74 Å². The number of esters is 1. The Labute approximate surface area is 173 Å². The number of aryl methyl sites for hydroxylation is 1. The van der Waals surface area contributed by atoms with E-state index in [-0.39, 0.29) is 29.9 Å². The van der Waals surface area contributed by atoms with Gasteiger partial charge in [0.2, 0.25) is 10.0 Å². The number of hydrogen-bond donors (Lipinski definition) is 1. The van der Waals surface area contributed by atoms with Gasteiger partial charge in [-0.25, -0.2) is 8.42 Å². The van der Waals surface area contributed by atoms with E-state index < -0.39 is 16.0 Å². The predicted octanol–water partition coefficient (Wildman–Crippen LogP) is 2.50. The molecule has 1 N–H and O–H groups in total. The molecule has 0 spiro atoms. The molecular formula is C21H32N2O5S.